The van der Waals surface area contributed by atoms with Crippen molar-refractivity contribution < 1.29 is 82.6 Å². The molecule has 6 rings (SSSR count). The van der Waals surface area contributed by atoms with Gasteiger partial charge in [-0.3, -0.25) is 0 Å². The molecular weight excluding hydrogens is 908 g/mol. The summed E-state index contributed by atoms with van der Waals surface area (Å²) in [5.74, 6) is -4.12. The van der Waals surface area contributed by atoms with Crippen LogP contribution < -0.4 is 9.80 Å². The van der Waals surface area contributed by atoms with E-state index in [1.165, 1.54) is 97.1 Å². The summed E-state index contributed by atoms with van der Waals surface area (Å²) in [6, 6.07) is 36.3. The van der Waals surface area contributed by atoms with E-state index < -0.39 is 44.1 Å². The molecule has 0 atom stereocenters. The third kappa shape index (κ3) is 14.1. The molecule has 0 heterocycles. The maximum absolute atomic E-state index is 11.2. The molecule has 0 fully saturated rings. The molecule has 0 aliphatic rings. The second-order valence-corrected chi connectivity index (χ2v) is 16.4. The van der Waals surface area contributed by atoms with Gasteiger partial charge in [0.05, 0.1) is 32.0 Å². The zero-order valence-electron chi connectivity index (χ0n) is 32.6. The number of carboxylic acids is 4. The van der Waals surface area contributed by atoms with E-state index in [-0.39, 0.29) is 49.1 Å². The summed E-state index contributed by atoms with van der Waals surface area (Å²) < 4.78 is 67.2. The van der Waals surface area contributed by atoms with E-state index in [0.29, 0.717) is 37.6 Å². The van der Waals surface area contributed by atoms with Crippen molar-refractivity contribution in [1.82, 2.24) is 0 Å². The zero-order valence-corrected chi connectivity index (χ0v) is 35.1. The molecule has 0 aromatic heterocycles. The Balaban J connectivity index is 0.000000272. The minimum atomic E-state index is -4.57. The molecule has 0 saturated carbocycles. The zero-order chi connectivity index (χ0) is 45.2. The average Bonchev–Trinajstić information content (AvgIpc) is 3.23. The summed E-state index contributed by atoms with van der Waals surface area (Å²) in [4.78, 5) is 47.3. The second-order valence-electron chi connectivity index (χ2n) is 13.6. The minimum absolute atomic E-state index is 0. The Labute approximate surface area is 372 Å². The Kier molecular flexibility index (Phi) is 16.5. The van der Waals surface area contributed by atoms with E-state index >= 15 is 0 Å². The number of benzene rings is 6. The van der Waals surface area contributed by atoms with Crippen molar-refractivity contribution in [1.29, 1.82) is 0 Å². The number of rotatable bonds is 16. The quantitative estimate of drug-likeness (QED) is 0.0605. The molecule has 6 aromatic rings. The predicted octanol–water partition coefficient (Wildman–Crippen LogP) is 6.39. The molecule has 16 nitrogen and oxygen atoms in total. The van der Waals surface area contributed by atoms with E-state index in [2.05, 4.69) is 0 Å². The maximum atomic E-state index is 11.2. The standard InChI is InChI=1S/2C22H19NO7S.Cu/c2*24-21(25)17-5-1-15(2-6-17)13-23(14-16-3-7-18(8-4-16)22(26)27)19-9-11-20(12-10-19)31(28,29)30;/h2*1-12H,13-14H2,(H,24,25)(H,26,27)(H,28,29,30);/q;;+2/p-2. The Hall–Kier alpha value is -6.86. The van der Waals surface area contributed by atoms with Crippen molar-refractivity contribution in [3.8, 4) is 0 Å². The average molecular weight is 944 g/mol. The van der Waals surface area contributed by atoms with Gasteiger partial charge in [0.2, 0.25) is 0 Å². The Morgan fingerprint density at radius 2 is 0.556 bits per heavy atom. The number of aromatic carboxylic acids is 4. The van der Waals surface area contributed by atoms with E-state index in [9.17, 15) is 45.1 Å². The molecule has 4 N–H and O–H groups in total. The summed E-state index contributed by atoms with van der Waals surface area (Å²) in [5.41, 5.74) is 5.15. The van der Waals surface area contributed by atoms with Gasteiger partial charge in [-0.15, -0.1) is 0 Å². The van der Waals surface area contributed by atoms with Crippen LogP contribution in [0.15, 0.2) is 155 Å². The first-order valence-electron chi connectivity index (χ1n) is 18.2. The van der Waals surface area contributed by atoms with Crippen molar-refractivity contribution >= 4 is 55.5 Å². The molecule has 0 spiro atoms. The first-order valence-corrected chi connectivity index (χ1v) is 21.0. The van der Waals surface area contributed by atoms with Crippen molar-refractivity contribution in [2.45, 2.75) is 36.0 Å². The Morgan fingerprint density at radius 1 is 0.365 bits per heavy atom. The minimum Gasteiger partial charge on any atom is -0.744 e. The Bertz CT molecular complexity index is 2460. The van der Waals surface area contributed by atoms with Gasteiger partial charge in [0.25, 0.3) is 0 Å². The third-order valence-electron chi connectivity index (χ3n) is 9.28. The molecule has 0 aliphatic heterocycles. The van der Waals surface area contributed by atoms with Crippen molar-refractivity contribution in [2.24, 2.45) is 0 Å². The van der Waals surface area contributed by atoms with Gasteiger partial charge in [-0.05, 0) is 119 Å². The molecule has 0 saturated heterocycles. The van der Waals surface area contributed by atoms with Crippen LogP contribution in [0.5, 0.6) is 0 Å². The summed E-state index contributed by atoms with van der Waals surface area (Å²) in [7, 11) is -9.14. The van der Waals surface area contributed by atoms with E-state index in [0.717, 1.165) is 22.3 Å². The van der Waals surface area contributed by atoms with E-state index in [1.54, 1.807) is 48.5 Å². The molecule has 1 radical (unpaired) electrons. The molecule has 6 aromatic carbocycles. The van der Waals surface area contributed by atoms with Crippen LogP contribution in [-0.4, -0.2) is 70.2 Å². The molecular formula is C44H36CuN2O14S2. The van der Waals surface area contributed by atoms with Crippen LogP contribution >= 0.6 is 0 Å². The Morgan fingerprint density at radius 3 is 0.714 bits per heavy atom. The first kappa shape index (κ1) is 48.8. The summed E-state index contributed by atoms with van der Waals surface area (Å²) in [6.07, 6.45) is 0. The molecule has 0 bridgehead atoms. The van der Waals surface area contributed by atoms with E-state index in [1.807, 2.05) is 9.80 Å². The number of carbonyl (C=O) groups is 4. The first-order chi connectivity index (χ1) is 29.3. The number of anilines is 2. The van der Waals surface area contributed by atoms with Crippen molar-refractivity contribution in [2.75, 3.05) is 9.80 Å². The molecule has 19 heteroatoms. The second kappa shape index (κ2) is 21.3. The van der Waals surface area contributed by atoms with Crippen LogP contribution in [0.2, 0.25) is 0 Å². The van der Waals surface area contributed by atoms with Gasteiger partial charge in [0.15, 0.2) is 0 Å². The summed E-state index contributed by atoms with van der Waals surface area (Å²) >= 11 is 0. The van der Waals surface area contributed by atoms with Crippen LogP contribution in [0, 0.1) is 0 Å². The molecule has 329 valence electrons. The van der Waals surface area contributed by atoms with E-state index in [4.69, 9.17) is 20.4 Å². The van der Waals surface area contributed by atoms with Gasteiger partial charge >= 0.3 is 40.9 Å². The fourth-order valence-electron chi connectivity index (χ4n) is 6.02. The molecule has 0 unspecified atom stereocenters. The third-order valence-corrected chi connectivity index (χ3v) is 11.0. The largest absolute Gasteiger partial charge is 2.00 e. The maximum Gasteiger partial charge on any atom is 2.00 e. The molecule has 63 heavy (non-hydrogen) atoms. The van der Waals surface area contributed by atoms with Crippen LogP contribution in [-0.2, 0) is 63.5 Å². The molecule has 0 aliphatic carbocycles. The number of nitrogens with zero attached hydrogens (tertiary/aromatic N) is 2. The fourth-order valence-corrected chi connectivity index (χ4v) is 6.96. The van der Waals surface area contributed by atoms with Crippen LogP contribution in [0.4, 0.5) is 11.4 Å². The van der Waals surface area contributed by atoms with Crippen molar-refractivity contribution in [3.05, 3.63) is 190 Å². The van der Waals surface area contributed by atoms with Gasteiger partial charge in [0, 0.05) is 37.6 Å². The monoisotopic (exact) mass is 943 g/mol. The van der Waals surface area contributed by atoms with Gasteiger partial charge in [0.1, 0.15) is 20.2 Å². The molecule has 0 amide bonds. The van der Waals surface area contributed by atoms with Crippen molar-refractivity contribution in [3.63, 3.8) is 0 Å². The van der Waals surface area contributed by atoms with Gasteiger partial charge in [-0.2, -0.15) is 0 Å². The van der Waals surface area contributed by atoms with Gasteiger partial charge in [-0.1, -0.05) is 48.5 Å². The van der Waals surface area contributed by atoms with Gasteiger partial charge in [-0.25, -0.2) is 36.0 Å². The summed E-state index contributed by atoms with van der Waals surface area (Å²) in [6.45, 7) is 1.46. The summed E-state index contributed by atoms with van der Waals surface area (Å²) in [5, 5.41) is 36.2. The predicted molar refractivity (Wildman–Crippen MR) is 222 cm³/mol. The van der Waals surface area contributed by atoms with Crippen LogP contribution in [0.25, 0.3) is 0 Å². The smallest absolute Gasteiger partial charge is 0.744 e. The van der Waals surface area contributed by atoms with Crippen LogP contribution in [0.3, 0.4) is 0 Å². The number of hydrogen-bond acceptors (Lipinski definition) is 12. The fraction of sp³-hybridized carbons (Fsp3) is 0.0909. The number of hydrogen-bond donors (Lipinski definition) is 4. The number of carboxylic acid groups (broad SMARTS) is 4. The SMILES string of the molecule is O=C(O)c1ccc(CN(Cc2ccc(C(=O)O)cc2)c2ccc(S(=O)(=O)[O-])cc2)cc1.O=C(O)c1ccc(CN(Cc2ccc(C(=O)O)cc2)c2ccc(S(=O)(=O)[O-])cc2)cc1.[Cu+2]. The topological polar surface area (TPSA) is 270 Å². The normalized spacial score (nSPS) is 11.0. The van der Waals surface area contributed by atoms with Crippen LogP contribution in [0.1, 0.15) is 63.7 Å². The van der Waals surface area contributed by atoms with Gasteiger partial charge < -0.3 is 39.3 Å².